The number of hydrogen-bond donors (Lipinski definition) is 1. The van der Waals surface area contributed by atoms with Crippen LogP contribution in [0.2, 0.25) is 0 Å². The van der Waals surface area contributed by atoms with Gasteiger partial charge >= 0.3 is 0 Å². The molecular weight excluding hydrogens is 368 g/mol. The van der Waals surface area contributed by atoms with Crippen LogP contribution in [-0.2, 0) is 16.4 Å². The molecule has 0 spiro atoms. The average Bonchev–Trinajstić information content (AvgIpc) is 2.73. The van der Waals surface area contributed by atoms with Crippen molar-refractivity contribution >= 4 is 26.4 Å². The standard InChI is InChI=1S/C23H20N2O2S/c1-17-11-13-18(14-12-17)15-25-23-20-9-5-6-10-21(20)24-16-22(23)28(26,27)19-7-3-2-4-8-19/h2-14,16H,15H2,1H3,(H,24,25). The second-order valence-corrected chi connectivity index (χ2v) is 8.59. The molecule has 0 aliphatic rings. The molecule has 0 bridgehead atoms. The zero-order valence-electron chi connectivity index (χ0n) is 15.5. The summed E-state index contributed by atoms with van der Waals surface area (Å²) in [6.45, 7) is 2.56. The number of aromatic nitrogens is 1. The molecule has 5 heteroatoms. The lowest BCUT2D eigenvalue weighted by atomic mass is 10.1. The third-order valence-corrected chi connectivity index (χ3v) is 6.45. The van der Waals surface area contributed by atoms with Crippen LogP contribution < -0.4 is 5.32 Å². The van der Waals surface area contributed by atoms with Gasteiger partial charge in [0.15, 0.2) is 0 Å². The van der Waals surface area contributed by atoms with Crippen LogP contribution in [0, 0.1) is 6.92 Å². The highest BCUT2D eigenvalue weighted by molar-refractivity contribution is 7.91. The van der Waals surface area contributed by atoms with Gasteiger partial charge in [-0.15, -0.1) is 0 Å². The van der Waals surface area contributed by atoms with Crippen molar-refractivity contribution in [2.45, 2.75) is 23.3 Å². The van der Waals surface area contributed by atoms with E-state index >= 15 is 0 Å². The van der Waals surface area contributed by atoms with Crippen LogP contribution in [0.15, 0.2) is 94.9 Å². The van der Waals surface area contributed by atoms with Gasteiger partial charge in [-0.3, -0.25) is 4.98 Å². The smallest absolute Gasteiger partial charge is 0.210 e. The molecule has 0 saturated heterocycles. The predicted octanol–water partition coefficient (Wildman–Crippen LogP) is 4.99. The van der Waals surface area contributed by atoms with E-state index in [2.05, 4.69) is 10.3 Å². The number of nitrogens with one attached hydrogen (secondary N) is 1. The van der Waals surface area contributed by atoms with Gasteiger partial charge in [0.05, 0.1) is 16.1 Å². The Kier molecular flexibility index (Phi) is 4.84. The molecule has 0 radical (unpaired) electrons. The van der Waals surface area contributed by atoms with Crippen LogP contribution in [0.3, 0.4) is 0 Å². The van der Waals surface area contributed by atoms with E-state index in [9.17, 15) is 8.42 Å². The average molecular weight is 388 g/mol. The van der Waals surface area contributed by atoms with Crippen LogP contribution in [-0.4, -0.2) is 13.4 Å². The lowest BCUT2D eigenvalue weighted by molar-refractivity contribution is 0.596. The first-order chi connectivity index (χ1) is 13.6. The molecule has 28 heavy (non-hydrogen) atoms. The summed E-state index contributed by atoms with van der Waals surface area (Å²) in [5, 5.41) is 4.13. The van der Waals surface area contributed by atoms with Crippen LogP contribution in [0.5, 0.6) is 0 Å². The van der Waals surface area contributed by atoms with Crippen molar-refractivity contribution < 1.29 is 8.42 Å². The molecule has 0 aliphatic carbocycles. The number of sulfone groups is 1. The Bertz CT molecular complexity index is 1220. The van der Waals surface area contributed by atoms with Crippen LogP contribution >= 0.6 is 0 Å². The third kappa shape index (κ3) is 3.49. The molecular formula is C23H20N2O2S. The maximum Gasteiger partial charge on any atom is 0.210 e. The van der Waals surface area contributed by atoms with Crippen molar-refractivity contribution in [3.8, 4) is 0 Å². The normalized spacial score (nSPS) is 11.5. The Morgan fingerprint density at radius 1 is 0.857 bits per heavy atom. The number of rotatable bonds is 5. The monoisotopic (exact) mass is 388 g/mol. The highest BCUT2D eigenvalue weighted by Crippen LogP contribution is 2.33. The van der Waals surface area contributed by atoms with Crippen molar-refractivity contribution in [3.63, 3.8) is 0 Å². The largest absolute Gasteiger partial charge is 0.379 e. The van der Waals surface area contributed by atoms with Gasteiger partial charge < -0.3 is 5.32 Å². The molecule has 0 amide bonds. The fourth-order valence-corrected chi connectivity index (χ4v) is 4.54. The van der Waals surface area contributed by atoms with E-state index in [4.69, 9.17) is 0 Å². The summed E-state index contributed by atoms with van der Waals surface area (Å²) in [5.74, 6) is 0. The van der Waals surface area contributed by atoms with E-state index in [0.29, 0.717) is 12.2 Å². The van der Waals surface area contributed by atoms with Crippen LogP contribution in [0.4, 0.5) is 5.69 Å². The molecule has 0 unspecified atom stereocenters. The van der Waals surface area contributed by atoms with E-state index < -0.39 is 9.84 Å². The Balaban J connectivity index is 1.82. The number of pyridine rings is 1. The van der Waals surface area contributed by atoms with Crippen molar-refractivity contribution in [1.82, 2.24) is 4.98 Å². The lowest BCUT2D eigenvalue weighted by Gasteiger charge is -2.15. The quantitative estimate of drug-likeness (QED) is 0.523. The third-order valence-electron chi connectivity index (χ3n) is 4.67. The van der Waals surface area contributed by atoms with Gasteiger partial charge in [0, 0.05) is 18.1 Å². The SMILES string of the molecule is Cc1ccc(CNc2c(S(=O)(=O)c3ccccc3)cnc3ccccc23)cc1. The fourth-order valence-electron chi connectivity index (χ4n) is 3.13. The highest BCUT2D eigenvalue weighted by atomic mass is 32.2. The van der Waals surface area contributed by atoms with Crippen molar-refractivity contribution in [3.05, 3.63) is 96.2 Å². The molecule has 4 nitrogen and oxygen atoms in total. The van der Waals surface area contributed by atoms with E-state index in [1.807, 2.05) is 55.5 Å². The molecule has 0 saturated carbocycles. The first-order valence-corrected chi connectivity index (χ1v) is 10.5. The van der Waals surface area contributed by atoms with Crippen molar-refractivity contribution in [2.24, 2.45) is 0 Å². The summed E-state index contributed by atoms with van der Waals surface area (Å²) in [4.78, 5) is 4.82. The van der Waals surface area contributed by atoms with Crippen LogP contribution in [0.25, 0.3) is 10.9 Å². The fraction of sp³-hybridized carbons (Fsp3) is 0.0870. The van der Waals surface area contributed by atoms with E-state index in [0.717, 1.165) is 16.5 Å². The van der Waals surface area contributed by atoms with Gasteiger partial charge in [-0.05, 0) is 30.7 Å². The molecule has 1 aromatic heterocycles. The Labute approximate surface area is 164 Å². The van der Waals surface area contributed by atoms with Gasteiger partial charge in [-0.1, -0.05) is 66.2 Å². The minimum Gasteiger partial charge on any atom is -0.379 e. The molecule has 1 N–H and O–H groups in total. The Hall–Kier alpha value is -3.18. The second-order valence-electron chi connectivity index (χ2n) is 6.67. The molecule has 0 fully saturated rings. The number of fused-ring (bicyclic) bond motifs is 1. The number of nitrogens with zero attached hydrogens (tertiary/aromatic N) is 1. The number of hydrogen-bond acceptors (Lipinski definition) is 4. The van der Waals surface area contributed by atoms with E-state index in [1.54, 1.807) is 30.3 Å². The van der Waals surface area contributed by atoms with Gasteiger partial charge in [0.2, 0.25) is 9.84 Å². The highest BCUT2D eigenvalue weighted by Gasteiger charge is 2.23. The number of anilines is 1. The molecule has 140 valence electrons. The summed E-state index contributed by atoms with van der Waals surface area (Å²) in [7, 11) is -3.70. The molecule has 0 atom stereocenters. The minimum absolute atomic E-state index is 0.185. The summed E-state index contributed by atoms with van der Waals surface area (Å²) < 4.78 is 26.5. The number of benzene rings is 3. The van der Waals surface area contributed by atoms with Crippen LogP contribution in [0.1, 0.15) is 11.1 Å². The zero-order chi connectivity index (χ0) is 19.6. The lowest BCUT2D eigenvalue weighted by Crippen LogP contribution is -2.09. The second kappa shape index (κ2) is 7.44. The predicted molar refractivity (Wildman–Crippen MR) is 112 cm³/mol. The molecule has 0 aliphatic heterocycles. The van der Waals surface area contributed by atoms with E-state index in [-0.39, 0.29) is 9.79 Å². The zero-order valence-corrected chi connectivity index (χ0v) is 16.3. The summed E-state index contributed by atoms with van der Waals surface area (Å²) in [6, 6.07) is 24.2. The molecule has 4 aromatic rings. The summed E-state index contributed by atoms with van der Waals surface area (Å²) in [6.07, 6.45) is 1.45. The molecule has 1 heterocycles. The summed E-state index contributed by atoms with van der Waals surface area (Å²) >= 11 is 0. The van der Waals surface area contributed by atoms with Gasteiger partial charge in [-0.25, -0.2) is 8.42 Å². The van der Waals surface area contributed by atoms with Gasteiger partial charge in [0.25, 0.3) is 0 Å². The van der Waals surface area contributed by atoms with Gasteiger partial charge in [-0.2, -0.15) is 0 Å². The maximum atomic E-state index is 13.3. The summed E-state index contributed by atoms with van der Waals surface area (Å²) in [5.41, 5.74) is 3.59. The van der Waals surface area contributed by atoms with Crippen molar-refractivity contribution in [1.29, 1.82) is 0 Å². The molecule has 3 aromatic carbocycles. The Morgan fingerprint density at radius 2 is 1.54 bits per heavy atom. The number of para-hydroxylation sites is 1. The first kappa shape index (κ1) is 18.2. The Morgan fingerprint density at radius 3 is 2.29 bits per heavy atom. The van der Waals surface area contributed by atoms with E-state index in [1.165, 1.54) is 11.8 Å². The number of aryl methyl sites for hydroxylation is 1. The topological polar surface area (TPSA) is 59.1 Å². The van der Waals surface area contributed by atoms with Gasteiger partial charge in [0.1, 0.15) is 4.90 Å². The minimum atomic E-state index is -3.70. The molecule has 4 rings (SSSR count). The first-order valence-electron chi connectivity index (χ1n) is 9.03. The van der Waals surface area contributed by atoms with Crippen molar-refractivity contribution in [2.75, 3.05) is 5.32 Å². The maximum absolute atomic E-state index is 13.3.